The number of halogens is 1. The largest absolute Gasteiger partial charge is 0.307 e. The molecule has 0 heterocycles. The van der Waals surface area contributed by atoms with Gasteiger partial charge < -0.3 is 4.79 Å². The highest BCUT2D eigenvalue weighted by molar-refractivity contribution is 9.10. The van der Waals surface area contributed by atoms with Crippen LogP contribution >= 0.6 is 15.9 Å². The first-order chi connectivity index (χ1) is 9.34. The Morgan fingerprint density at radius 1 is 0.684 bits per heavy atom. The molecular weight excluding hydrogens is 300 g/mol. The molecule has 0 aliphatic heterocycles. The van der Waals surface area contributed by atoms with Crippen LogP contribution in [0.1, 0.15) is 0 Å². The molecule has 0 unspecified atom stereocenters. The zero-order valence-corrected chi connectivity index (χ0v) is 11.8. The fourth-order valence-electron chi connectivity index (χ4n) is 2.70. The summed E-state index contributed by atoms with van der Waals surface area (Å²) in [6.45, 7) is 2.00. The zero-order chi connectivity index (χ0) is 13.4. The first-order valence-corrected chi connectivity index (χ1v) is 6.75. The van der Waals surface area contributed by atoms with E-state index in [1.165, 1.54) is 36.8 Å². The van der Waals surface area contributed by atoms with E-state index in [1.54, 1.807) is 0 Å². The van der Waals surface area contributed by atoms with Gasteiger partial charge in [0.1, 0.15) is 6.79 Å². The van der Waals surface area contributed by atoms with Gasteiger partial charge in [-0.05, 0) is 38.4 Å². The molecule has 4 rings (SSSR count). The van der Waals surface area contributed by atoms with Crippen LogP contribution in [0.15, 0.2) is 59.1 Å². The average molecular weight is 311 g/mol. The van der Waals surface area contributed by atoms with Crippen molar-refractivity contribution in [3.05, 3.63) is 59.1 Å². The van der Waals surface area contributed by atoms with Crippen LogP contribution in [-0.4, -0.2) is 6.79 Å². The van der Waals surface area contributed by atoms with Gasteiger partial charge in [0, 0.05) is 4.47 Å². The van der Waals surface area contributed by atoms with Crippen LogP contribution in [0.25, 0.3) is 32.3 Å². The van der Waals surface area contributed by atoms with Crippen molar-refractivity contribution in [1.82, 2.24) is 0 Å². The Morgan fingerprint density at radius 2 is 1.21 bits per heavy atom. The summed E-state index contributed by atoms with van der Waals surface area (Å²) in [6, 6.07) is 19.6. The smallest absolute Gasteiger partial charge is 0.106 e. The van der Waals surface area contributed by atoms with E-state index in [0.29, 0.717) is 0 Å². The van der Waals surface area contributed by atoms with Gasteiger partial charge >= 0.3 is 0 Å². The predicted octanol–water partition coefficient (Wildman–Crippen LogP) is 5.16. The first-order valence-electron chi connectivity index (χ1n) is 5.95. The number of carbonyl (C=O) groups excluding carboxylic acids is 1. The minimum absolute atomic E-state index is 1.17. The van der Waals surface area contributed by atoms with Gasteiger partial charge in [-0.1, -0.05) is 64.5 Å². The predicted molar refractivity (Wildman–Crippen MR) is 85.0 cm³/mol. The highest BCUT2D eigenvalue weighted by atomic mass is 79.9. The van der Waals surface area contributed by atoms with E-state index < -0.39 is 0 Å². The normalized spacial score (nSPS) is 10.8. The molecule has 4 aromatic carbocycles. The van der Waals surface area contributed by atoms with Crippen molar-refractivity contribution >= 4 is 55.0 Å². The van der Waals surface area contributed by atoms with Crippen molar-refractivity contribution in [2.75, 3.05) is 0 Å². The average Bonchev–Trinajstić information content (AvgIpc) is 2.49. The van der Waals surface area contributed by atoms with E-state index in [0.717, 1.165) is 0 Å². The summed E-state index contributed by atoms with van der Waals surface area (Å²) in [6.07, 6.45) is 0. The molecule has 0 aliphatic carbocycles. The molecule has 0 amide bonds. The molecule has 0 spiro atoms. The fourth-order valence-corrected chi connectivity index (χ4v) is 3.16. The van der Waals surface area contributed by atoms with Crippen LogP contribution in [0.2, 0.25) is 0 Å². The second kappa shape index (κ2) is 4.63. The molecule has 0 radical (unpaired) electrons. The van der Waals surface area contributed by atoms with Gasteiger partial charge in [0.2, 0.25) is 0 Å². The fraction of sp³-hybridized carbons (Fsp3) is 0. The molecule has 0 aliphatic rings. The maximum atomic E-state index is 8.00. The lowest BCUT2D eigenvalue weighted by Crippen LogP contribution is -1.83. The van der Waals surface area contributed by atoms with Crippen molar-refractivity contribution in [3.8, 4) is 0 Å². The summed E-state index contributed by atoms with van der Waals surface area (Å²) in [5, 5.41) is 8.00. The Kier molecular flexibility index (Phi) is 2.96. The quantitative estimate of drug-likeness (QED) is 0.410. The Bertz CT molecular complexity index is 851. The van der Waals surface area contributed by atoms with Crippen LogP contribution in [0.3, 0.4) is 0 Å². The van der Waals surface area contributed by atoms with Crippen molar-refractivity contribution in [2.45, 2.75) is 0 Å². The van der Waals surface area contributed by atoms with Crippen molar-refractivity contribution in [2.24, 2.45) is 0 Å². The Hall–Kier alpha value is -1.93. The standard InChI is InChI=1S/C16H9Br.CH2O/c17-14-9-7-12-5-4-10-2-1-3-11-6-8-13(14)16(12)15(10)11;1-2/h1-9H;1H2. The Balaban J connectivity index is 0.000000528. The molecular formula is C17H11BrO. The molecule has 4 aromatic rings. The number of carbonyl (C=O) groups is 1. The molecule has 0 N–H and O–H groups in total. The maximum absolute atomic E-state index is 8.00. The van der Waals surface area contributed by atoms with Crippen LogP contribution in [0.5, 0.6) is 0 Å². The number of hydrogen-bond acceptors (Lipinski definition) is 1. The maximum Gasteiger partial charge on any atom is 0.106 e. The molecule has 0 saturated heterocycles. The third kappa shape index (κ3) is 1.71. The summed E-state index contributed by atoms with van der Waals surface area (Å²) >= 11 is 3.64. The van der Waals surface area contributed by atoms with Gasteiger partial charge in [-0.2, -0.15) is 0 Å². The van der Waals surface area contributed by atoms with Gasteiger partial charge in [-0.15, -0.1) is 0 Å². The minimum atomic E-state index is 1.17. The summed E-state index contributed by atoms with van der Waals surface area (Å²) in [4.78, 5) is 8.00. The molecule has 0 saturated carbocycles. The molecule has 0 fully saturated rings. The lowest BCUT2D eigenvalue weighted by Gasteiger charge is -2.11. The lowest BCUT2D eigenvalue weighted by molar-refractivity contribution is -0.0979. The lowest BCUT2D eigenvalue weighted by atomic mass is 9.94. The van der Waals surface area contributed by atoms with E-state index in [2.05, 4.69) is 70.5 Å². The summed E-state index contributed by atoms with van der Waals surface area (Å²) in [5.74, 6) is 0. The number of rotatable bonds is 0. The molecule has 92 valence electrons. The highest BCUT2D eigenvalue weighted by Crippen LogP contribution is 2.37. The second-order valence-electron chi connectivity index (χ2n) is 4.40. The third-order valence-electron chi connectivity index (χ3n) is 3.48. The first kappa shape index (κ1) is 12.1. The van der Waals surface area contributed by atoms with Gasteiger partial charge in [0.25, 0.3) is 0 Å². The van der Waals surface area contributed by atoms with Crippen LogP contribution in [-0.2, 0) is 4.79 Å². The number of benzene rings is 4. The Labute approximate surface area is 119 Å². The Morgan fingerprint density at radius 3 is 1.89 bits per heavy atom. The van der Waals surface area contributed by atoms with Crippen LogP contribution in [0.4, 0.5) is 0 Å². The monoisotopic (exact) mass is 310 g/mol. The zero-order valence-electron chi connectivity index (χ0n) is 10.2. The molecule has 0 aromatic heterocycles. The summed E-state index contributed by atoms with van der Waals surface area (Å²) < 4.78 is 1.17. The van der Waals surface area contributed by atoms with Gasteiger partial charge in [-0.3, -0.25) is 0 Å². The second-order valence-corrected chi connectivity index (χ2v) is 5.26. The van der Waals surface area contributed by atoms with E-state index >= 15 is 0 Å². The van der Waals surface area contributed by atoms with Gasteiger partial charge in [0.05, 0.1) is 0 Å². The van der Waals surface area contributed by atoms with Crippen LogP contribution < -0.4 is 0 Å². The SMILES string of the molecule is Brc1ccc2ccc3cccc4ccc1c2c34.C=O. The summed E-state index contributed by atoms with van der Waals surface area (Å²) in [5.41, 5.74) is 0. The number of hydrogen-bond donors (Lipinski definition) is 0. The summed E-state index contributed by atoms with van der Waals surface area (Å²) in [7, 11) is 0. The van der Waals surface area contributed by atoms with E-state index in [9.17, 15) is 0 Å². The van der Waals surface area contributed by atoms with Crippen LogP contribution in [0, 0.1) is 0 Å². The van der Waals surface area contributed by atoms with Crippen molar-refractivity contribution < 1.29 is 4.79 Å². The van der Waals surface area contributed by atoms with Gasteiger partial charge in [0.15, 0.2) is 0 Å². The van der Waals surface area contributed by atoms with Crippen molar-refractivity contribution in [1.29, 1.82) is 0 Å². The van der Waals surface area contributed by atoms with Crippen molar-refractivity contribution in [3.63, 3.8) is 0 Å². The van der Waals surface area contributed by atoms with E-state index in [4.69, 9.17) is 4.79 Å². The molecule has 0 atom stereocenters. The minimum Gasteiger partial charge on any atom is -0.307 e. The topological polar surface area (TPSA) is 17.1 Å². The third-order valence-corrected chi connectivity index (χ3v) is 4.17. The molecule has 2 heteroatoms. The molecule has 1 nitrogen and oxygen atoms in total. The molecule has 0 bridgehead atoms. The van der Waals surface area contributed by atoms with E-state index in [1.807, 2.05) is 6.79 Å². The molecule has 19 heavy (non-hydrogen) atoms. The van der Waals surface area contributed by atoms with E-state index in [-0.39, 0.29) is 0 Å². The highest BCUT2D eigenvalue weighted by Gasteiger charge is 2.08. The van der Waals surface area contributed by atoms with Gasteiger partial charge in [-0.25, -0.2) is 0 Å².